The fourth-order valence-corrected chi connectivity index (χ4v) is 2.79. The van der Waals surface area contributed by atoms with Crippen LogP contribution in [0.3, 0.4) is 0 Å². The lowest BCUT2D eigenvalue weighted by atomic mass is 10.1. The van der Waals surface area contributed by atoms with E-state index in [0.29, 0.717) is 11.1 Å². The van der Waals surface area contributed by atoms with Gasteiger partial charge in [0.2, 0.25) is 0 Å². The van der Waals surface area contributed by atoms with Crippen LogP contribution in [0, 0.1) is 0 Å². The lowest BCUT2D eigenvalue weighted by molar-refractivity contribution is -0.138. The van der Waals surface area contributed by atoms with Gasteiger partial charge in [0.25, 0.3) is 0 Å². The van der Waals surface area contributed by atoms with Crippen LogP contribution in [0.15, 0.2) is 72.8 Å². The summed E-state index contributed by atoms with van der Waals surface area (Å²) in [6.45, 7) is -0.484. The average Bonchev–Trinajstić information content (AvgIpc) is 2.80. The van der Waals surface area contributed by atoms with Crippen molar-refractivity contribution in [3.63, 3.8) is 0 Å². The summed E-state index contributed by atoms with van der Waals surface area (Å²) in [5.74, 6) is -1.49. The van der Waals surface area contributed by atoms with E-state index >= 15 is 0 Å². The minimum absolute atomic E-state index is 0.103. The maximum absolute atomic E-state index is 12.6. The number of benzene rings is 3. The summed E-state index contributed by atoms with van der Waals surface area (Å²) in [6.07, 6.45) is -8.92. The van der Waals surface area contributed by atoms with Crippen molar-refractivity contribution in [3.05, 3.63) is 106 Å². The quantitative estimate of drug-likeness (QED) is 0.300. The standard InChI is InChI=1S/C24H16F6O4/c25-23(26,27)19-9-1-15(2-10-19)13-33-21(31)17-5-7-18(8-6-17)22(32)34-14-16-3-11-20(12-4-16)24(28,29)30/h1-12H,13-14H2. The minimum Gasteiger partial charge on any atom is -0.457 e. The van der Waals surface area contributed by atoms with Gasteiger partial charge in [-0.1, -0.05) is 24.3 Å². The van der Waals surface area contributed by atoms with Crippen molar-refractivity contribution >= 4 is 11.9 Å². The Morgan fingerprint density at radius 3 is 1.09 bits per heavy atom. The van der Waals surface area contributed by atoms with Crippen LogP contribution in [0.5, 0.6) is 0 Å². The summed E-state index contributed by atoms with van der Waals surface area (Å²) in [6, 6.07) is 13.6. The highest BCUT2D eigenvalue weighted by molar-refractivity contribution is 5.93. The summed E-state index contributed by atoms with van der Waals surface area (Å²) in [5.41, 5.74) is -0.696. The molecular weight excluding hydrogens is 466 g/mol. The van der Waals surface area contributed by atoms with E-state index in [-0.39, 0.29) is 24.3 Å². The van der Waals surface area contributed by atoms with Crippen molar-refractivity contribution < 1.29 is 45.4 Å². The van der Waals surface area contributed by atoms with Crippen molar-refractivity contribution in [2.24, 2.45) is 0 Å². The number of hydrogen-bond donors (Lipinski definition) is 0. The van der Waals surface area contributed by atoms with E-state index in [1.807, 2.05) is 0 Å². The van der Waals surface area contributed by atoms with Crippen molar-refractivity contribution in [2.45, 2.75) is 25.6 Å². The zero-order chi connectivity index (χ0) is 24.9. The largest absolute Gasteiger partial charge is 0.457 e. The van der Waals surface area contributed by atoms with E-state index in [9.17, 15) is 35.9 Å². The molecule has 34 heavy (non-hydrogen) atoms. The predicted octanol–water partition coefficient (Wildman–Crippen LogP) is 6.44. The molecule has 0 unspecified atom stereocenters. The molecule has 3 aromatic carbocycles. The smallest absolute Gasteiger partial charge is 0.416 e. The maximum atomic E-state index is 12.6. The monoisotopic (exact) mass is 482 g/mol. The Balaban J connectivity index is 1.51. The molecule has 0 atom stereocenters. The summed E-state index contributed by atoms with van der Waals surface area (Å²) in [4.78, 5) is 24.3. The van der Waals surface area contributed by atoms with Gasteiger partial charge in [-0.3, -0.25) is 0 Å². The first-order valence-electron chi connectivity index (χ1n) is 9.70. The first-order valence-corrected chi connectivity index (χ1v) is 9.70. The number of rotatable bonds is 6. The second-order valence-corrected chi connectivity index (χ2v) is 7.12. The van der Waals surface area contributed by atoms with Crippen LogP contribution in [0.1, 0.15) is 43.0 Å². The van der Waals surface area contributed by atoms with Crippen LogP contribution in [0.2, 0.25) is 0 Å². The second kappa shape index (κ2) is 9.98. The molecule has 0 saturated carbocycles. The number of carbonyl (C=O) groups excluding carboxylic acids is 2. The normalized spacial score (nSPS) is 11.7. The summed E-state index contributed by atoms with van der Waals surface area (Å²) < 4.78 is 85.6. The van der Waals surface area contributed by atoms with Crippen LogP contribution in [-0.2, 0) is 35.0 Å². The molecular formula is C24H16F6O4. The number of alkyl halides is 6. The zero-order valence-electron chi connectivity index (χ0n) is 17.2. The van der Waals surface area contributed by atoms with Gasteiger partial charge in [-0.25, -0.2) is 9.59 Å². The molecule has 4 nitrogen and oxygen atoms in total. The molecule has 10 heteroatoms. The summed E-state index contributed by atoms with van der Waals surface area (Å²) in [5, 5.41) is 0. The third kappa shape index (κ3) is 6.60. The first-order chi connectivity index (χ1) is 15.9. The molecule has 178 valence electrons. The second-order valence-electron chi connectivity index (χ2n) is 7.12. The van der Waals surface area contributed by atoms with Gasteiger partial charge in [0.05, 0.1) is 22.3 Å². The Morgan fingerprint density at radius 2 is 0.824 bits per heavy atom. The number of esters is 2. The predicted molar refractivity (Wildman–Crippen MR) is 108 cm³/mol. The highest BCUT2D eigenvalue weighted by Crippen LogP contribution is 2.30. The molecule has 0 aliphatic carbocycles. The topological polar surface area (TPSA) is 52.6 Å². The summed E-state index contributed by atoms with van der Waals surface area (Å²) in [7, 11) is 0. The Bertz CT molecular complexity index is 1040. The molecule has 0 radical (unpaired) electrons. The Hall–Kier alpha value is -3.82. The van der Waals surface area contributed by atoms with Crippen LogP contribution in [-0.4, -0.2) is 11.9 Å². The SMILES string of the molecule is O=C(OCc1ccc(C(F)(F)F)cc1)c1ccc(C(=O)OCc2ccc(C(F)(F)F)cc2)cc1. The molecule has 0 aromatic heterocycles. The fourth-order valence-electron chi connectivity index (χ4n) is 2.79. The number of ether oxygens (including phenoxy) is 2. The van der Waals surface area contributed by atoms with E-state index in [0.717, 1.165) is 24.3 Å². The van der Waals surface area contributed by atoms with Gasteiger partial charge in [-0.15, -0.1) is 0 Å². The third-order valence-corrected chi connectivity index (χ3v) is 4.66. The highest BCUT2D eigenvalue weighted by Gasteiger charge is 2.30. The molecule has 0 spiro atoms. The summed E-state index contributed by atoms with van der Waals surface area (Å²) >= 11 is 0. The van der Waals surface area contributed by atoms with Gasteiger partial charge >= 0.3 is 24.3 Å². The molecule has 0 amide bonds. The number of hydrogen-bond acceptors (Lipinski definition) is 4. The highest BCUT2D eigenvalue weighted by atomic mass is 19.4. The first kappa shape index (κ1) is 24.8. The lowest BCUT2D eigenvalue weighted by Crippen LogP contribution is -2.09. The van der Waals surface area contributed by atoms with Gasteiger partial charge in [0.15, 0.2) is 0 Å². The average molecular weight is 482 g/mol. The Morgan fingerprint density at radius 1 is 0.529 bits per heavy atom. The van der Waals surface area contributed by atoms with Gasteiger partial charge in [0.1, 0.15) is 13.2 Å². The van der Waals surface area contributed by atoms with Gasteiger partial charge in [-0.05, 0) is 59.7 Å². The molecule has 0 N–H and O–H groups in total. The van der Waals surface area contributed by atoms with Gasteiger partial charge in [-0.2, -0.15) is 26.3 Å². The van der Waals surface area contributed by atoms with Crippen molar-refractivity contribution in [1.29, 1.82) is 0 Å². The maximum Gasteiger partial charge on any atom is 0.416 e. The van der Waals surface area contributed by atoms with Crippen LogP contribution in [0.4, 0.5) is 26.3 Å². The Kier molecular flexibility index (Phi) is 7.29. The van der Waals surface area contributed by atoms with E-state index in [4.69, 9.17) is 9.47 Å². The molecule has 0 aliphatic rings. The van der Waals surface area contributed by atoms with E-state index in [1.54, 1.807) is 0 Å². The van der Waals surface area contributed by atoms with Crippen LogP contribution < -0.4 is 0 Å². The van der Waals surface area contributed by atoms with Crippen LogP contribution in [0.25, 0.3) is 0 Å². The molecule has 0 saturated heterocycles. The number of halogens is 6. The van der Waals surface area contributed by atoms with Crippen LogP contribution >= 0.6 is 0 Å². The van der Waals surface area contributed by atoms with Gasteiger partial charge in [0, 0.05) is 0 Å². The van der Waals surface area contributed by atoms with Crippen molar-refractivity contribution in [1.82, 2.24) is 0 Å². The molecule has 0 heterocycles. The Labute approximate surface area is 189 Å². The van der Waals surface area contributed by atoms with Gasteiger partial charge < -0.3 is 9.47 Å². The number of carbonyl (C=O) groups is 2. The third-order valence-electron chi connectivity index (χ3n) is 4.66. The van der Waals surface area contributed by atoms with E-state index in [2.05, 4.69) is 0 Å². The van der Waals surface area contributed by atoms with E-state index < -0.39 is 35.4 Å². The molecule has 3 rings (SSSR count). The van der Waals surface area contributed by atoms with E-state index in [1.165, 1.54) is 48.5 Å². The molecule has 3 aromatic rings. The zero-order valence-corrected chi connectivity index (χ0v) is 17.2. The molecule has 0 fully saturated rings. The van der Waals surface area contributed by atoms with Crippen molar-refractivity contribution in [2.75, 3.05) is 0 Å². The lowest BCUT2D eigenvalue weighted by Gasteiger charge is -2.09. The molecule has 0 aliphatic heterocycles. The fraction of sp³-hybridized carbons (Fsp3) is 0.167. The van der Waals surface area contributed by atoms with Crippen molar-refractivity contribution in [3.8, 4) is 0 Å². The molecule has 0 bridgehead atoms. The minimum atomic E-state index is -4.46.